The van der Waals surface area contributed by atoms with Crippen molar-refractivity contribution < 1.29 is 20.1 Å². The van der Waals surface area contributed by atoms with Crippen LogP contribution in [0.25, 0.3) is 0 Å². The minimum absolute atomic E-state index is 0.0171. The molecule has 0 aliphatic heterocycles. The van der Waals surface area contributed by atoms with Gasteiger partial charge in [-0.05, 0) is 44.9 Å². The number of rotatable bonds is 58. The van der Waals surface area contributed by atoms with Gasteiger partial charge in [-0.25, -0.2) is 0 Å². The highest BCUT2D eigenvalue weighted by atomic mass is 16.3. The van der Waals surface area contributed by atoms with E-state index in [4.69, 9.17) is 0 Å². The molecule has 0 fully saturated rings. The zero-order valence-corrected chi connectivity index (χ0v) is 46.3. The third-order valence-corrected chi connectivity index (χ3v) is 14.7. The van der Waals surface area contributed by atoms with Gasteiger partial charge in [-0.15, -0.1) is 0 Å². The Morgan fingerprint density at radius 2 is 0.618 bits per heavy atom. The Morgan fingerprint density at radius 1 is 0.368 bits per heavy atom. The predicted octanol–water partition coefficient (Wildman–Crippen LogP) is 19.6. The van der Waals surface area contributed by atoms with Gasteiger partial charge in [0.2, 0.25) is 5.91 Å². The van der Waals surface area contributed by atoms with Crippen molar-refractivity contribution in [3.63, 3.8) is 0 Å². The summed E-state index contributed by atoms with van der Waals surface area (Å²) in [4.78, 5) is 12.5. The van der Waals surface area contributed by atoms with Crippen LogP contribution < -0.4 is 5.32 Å². The number of aliphatic hydroxyl groups excluding tert-OH is 3. The van der Waals surface area contributed by atoms with E-state index in [1.807, 2.05) is 6.08 Å². The van der Waals surface area contributed by atoms with Gasteiger partial charge in [-0.3, -0.25) is 4.79 Å². The first-order valence-electron chi connectivity index (χ1n) is 31.1. The van der Waals surface area contributed by atoms with Gasteiger partial charge in [-0.1, -0.05) is 321 Å². The summed E-state index contributed by atoms with van der Waals surface area (Å²) in [6.45, 7) is 4.25. The molecule has 1 amide bonds. The normalized spacial score (nSPS) is 13.3. The largest absolute Gasteiger partial charge is 0.394 e. The molecule has 0 aromatic heterocycles. The Bertz CT molecular complexity index is 1010. The number of aliphatic hydroxyl groups is 3. The fraction of sp³-hybridized carbons (Fsp3) is 0.921. The molecule has 68 heavy (non-hydrogen) atoms. The number of allylic oxidation sites excluding steroid dienone is 3. The molecule has 3 atom stereocenters. The highest BCUT2D eigenvalue weighted by Crippen LogP contribution is 2.18. The van der Waals surface area contributed by atoms with Crippen LogP contribution in [-0.4, -0.2) is 46.1 Å². The van der Waals surface area contributed by atoms with Crippen LogP contribution in [0, 0.1) is 0 Å². The molecule has 0 bridgehead atoms. The van der Waals surface area contributed by atoms with Crippen LogP contribution >= 0.6 is 0 Å². The van der Waals surface area contributed by atoms with Crippen LogP contribution in [0.1, 0.15) is 348 Å². The molecule has 0 saturated heterocycles. The smallest absolute Gasteiger partial charge is 0.222 e. The van der Waals surface area contributed by atoms with Gasteiger partial charge in [0.25, 0.3) is 0 Å². The molecule has 5 nitrogen and oxygen atoms in total. The van der Waals surface area contributed by atoms with E-state index in [0.29, 0.717) is 6.42 Å². The lowest BCUT2D eigenvalue weighted by Crippen LogP contribution is -2.45. The molecule has 0 aromatic rings. The van der Waals surface area contributed by atoms with Crippen LogP contribution in [0.15, 0.2) is 24.3 Å². The predicted molar refractivity (Wildman–Crippen MR) is 301 cm³/mol. The Balaban J connectivity index is 3.46. The SMILES string of the molecule is CCCCCCCCCCCCCCCC/C=C/C(O)C(CO)NC(=O)CC(O)CCCCCCCCCCCCCCCCC/C=C\CCCCCCCCCCCCCCCCCCCC. The van der Waals surface area contributed by atoms with Crippen LogP contribution in [-0.2, 0) is 4.79 Å². The summed E-state index contributed by atoms with van der Waals surface area (Å²) in [5.41, 5.74) is 0. The highest BCUT2D eigenvalue weighted by molar-refractivity contribution is 5.76. The summed E-state index contributed by atoms with van der Waals surface area (Å²) in [5.74, 6) is -0.310. The molecule has 0 aromatic carbocycles. The van der Waals surface area contributed by atoms with Crippen molar-refractivity contribution in [3.05, 3.63) is 24.3 Å². The molecule has 4 N–H and O–H groups in total. The molecule has 5 heteroatoms. The standard InChI is InChI=1S/C63H123NO4/c1-3-5-7-9-11-13-15-17-19-21-22-23-24-25-26-27-28-29-30-31-32-33-34-35-36-37-38-39-40-41-42-44-46-48-50-52-54-56-60(66)58-63(68)64-61(59-65)62(67)57-55-53-51-49-47-45-43-20-18-16-14-12-10-8-6-4-2/h31-32,55,57,60-62,65-67H,3-30,33-54,56,58-59H2,1-2H3,(H,64,68)/b32-31-,57-55+. The minimum atomic E-state index is -0.927. The maximum absolute atomic E-state index is 12.5. The number of hydrogen-bond acceptors (Lipinski definition) is 4. The number of carbonyl (C=O) groups is 1. The fourth-order valence-electron chi connectivity index (χ4n) is 9.99. The van der Waals surface area contributed by atoms with E-state index < -0.39 is 18.2 Å². The Kier molecular flexibility index (Phi) is 57.4. The van der Waals surface area contributed by atoms with Crippen molar-refractivity contribution in [2.75, 3.05) is 6.61 Å². The lowest BCUT2D eigenvalue weighted by atomic mass is 10.0. The second-order valence-corrected chi connectivity index (χ2v) is 21.7. The fourth-order valence-corrected chi connectivity index (χ4v) is 9.99. The summed E-state index contributed by atoms with van der Waals surface area (Å²) in [7, 11) is 0. The van der Waals surface area contributed by atoms with E-state index in [1.54, 1.807) is 6.08 Å². The molecule has 0 radical (unpaired) electrons. The van der Waals surface area contributed by atoms with Crippen molar-refractivity contribution in [1.82, 2.24) is 5.32 Å². The summed E-state index contributed by atoms with van der Waals surface area (Å²) in [6.07, 6.45) is 75.5. The van der Waals surface area contributed by atoms with Gasteiger partial charge in [0, 0.05) is 0 Å². The molecular formula is C63H123NO4. The quantitative estimate of drug-likeness (QED) is 0.0361. The molecule has 0 spiro atoms. The van der Waals surface area contributed by atoms with E-state index in [9.17, 15) is 20.1 Å². The van der Waals surface area contributed by atoms with Crippen molar-refractivity contribution in [1.29, 1.82) is 0 Å². The Labute approximate surface area is 426 Å². The molecule has 0 aliphatic carbocycles. The van der Waals surface area contributed by atoms with Crippen molar-refractivity contribution in [2.24, 2.45) is 0 Å². The van der Waals surface area contributed by atoms with Crippen LogP contribution in [0.2, 0.25) is 0 Å². The number of amides is 1. The number of unbranched alkanes of at least 4 members (excludes halogenated alkanes) is 47. The first-order chi connectivity index (χ1) is 33.5. The van der Waals surface area contributed by atoms with E-state index in [0.717, 1.165) is 25.7 Å². The first kappa shape index (κ1) is 66.8. The molecule has 404 valence electrons. The molecule has 0 saturated carbocycles. The summed E-state index contributed by atoms with van der Waals surface area (Å²) >= 11 is 0. The van der Waals surface area contributed by atoms with Gasteiger partial charge in [-0.2, -0.15) is 0 Å². The number of hydrogen-bond donors (Lipinski definition) is 4. The van der Waals surface area contributed by atoms with Crippen LogP contribution in [0.5, 0.6) is 0 Å². The maximum Gasteiger partial charge on any atom is 0.222 e. The van der Waals surface area contributed by atoms with E-state index in [2.05, 4.69) is 31.3 Å². The monoisotopic (exact) mass is 958 g/mol. The molecular weight excluding hydrogens is 835 g/mol. The summed E-state index contributed by atoms with van der Waals surface area (Å²) < 4.78 is 0. The Morgan fingerprint density at radius 3 is 0.897 bits per heavy atom. The van der Waals surface area contributed by atoms with Crippen molar-refractivity contribution >= 4 is 5.91 Å². The van der Waals surface area contributed by atoms with Crippen LogP contribution in [0.3, 0.4) is 0 Å². The first-order valence-corrected chi connectivity index (χ1v) is 31.1. The topological polar surface area (TPSA) is 89.8 Å². The summed E-state index contributed by atoms with van der Waals surface area (Å²) in [6, 6.07) is -0.743. The van der Waals surface area contributed by atoms with Gasteiger partial charge in [0.05, 0.1) is 31.3 Å². The van der Waals surface area contributed by atoms with Crippen molar-refractivity contribution in [2.45, 2.75) is 366 Å². The van der Waals surface area contributed by atoms with E-state index in [1.165, 1.54) is 295 Å². The van der Waals surface area contributed by atoms with Gasteiger partial charge >= 0.3 is 0 Å². The second-order valence-electron chi connectivity index (χ2n) is 21.7. The third kappa shape index (κ3) is 54.2. The van der Waals surface area contributed by atoms with Gasteiger partial charge < -0.3 is 20.6 Å². The summed E-state index contributed by atoms with van der Waals surface area (Å²) in [5, 5.41) is 33.5. The number of nitrogens with one attached hydrogen (secondary N) is 1. The van der Waals surface area contributed by atoms with Crippen LogP contribution in [0.4, 0.5) is 0 Å². The van der Waals surface area contributed by atoms with E-state index >= 15 is 0 Å². The maximum atomic E-state index is 12.5. The number of carbonyl (C=O) groups excluding carboxylic acids is 1. The Hall–Kier alpha value is -1.17. The van der Waals surface area contributed by atoms with Gasteiger partial charge in [0.1, 0.15) is 0 Å². The highest BCUT2D eigenvalue weighted by Gasteiger charge is 2.20. The zero-order valence-electron chi connectivity index (χ0n) is 46.3. The van der Waals surface area contributed by atoms with Crippen molar-refractivity contribution in [3.8, 4) is 0 Å². The average Bonchev–Trinajstić information content (AvgIpc) is 3.33. The average molecular weight is 959 g/mol. The van der Waals surface area contributed by atoms with Gasteiger partial charge in [0.15, 0.2) is 0 Å². The molecule has 0 heterocycles. The third-order valence-electron chi connectivity index (χ3n) is 14.7. The second kappa shape index (κ2) is 58.4. The zero-order chi connectivity index (χ0) is 49.3. The minimum Gasteiger partial charge on any atom is -0.394 e. The molecule has 0 rings (SSSR count). The van der Waals surface area contributed by atoms with E-state index in [-0.39, 0.29) is 18.9 Å². The lowest BCUT2D eigenvalue weighted by molar-refractivity contribution is -0.124. The molecule has 3 unspecified atom stereocenters. The molecule has 0 aliphatic rings. The lowest BCUT2D eigenvalue weighted by Gasteiger charge is -2.21.